The van der Waals surface area contributed by atoms with Gasteiger partial charge in [-0.15, -0.1) is 0 Å². The highest BCUT2D eigenvalue weighted by Gasteiger charge is 2.12. The number of nitrogens with two attached hydrogens (primary N) is 1. The zero-order chi connectivity index (χ0) is 19.7. The van der Waals surface area contributed by atoms with Crippen molar-refractivity contribution in [3.63, 3.8) is 0 Å². The summed E-state index contributed by atoms with van der Waals surface area (Å²) in [5, 5.41) is 3.72. The van der Waals surface area contributed by atoms with E-state index in [0.29, 0.717) is 13.2 Å². The summed E-state index contributed by atoms with van der Waals surface area (Å²) >= 11 is 0. The molecule has 0 fully saturated rings. The zero-order valence-electron chi connectivity index (χ0n) is 16.1. The summed E-state index contributed by atoms with van der Waals surface area (Å²) in [6.45, 7) is 7.69. The first-order valence-electron chi connectivity index (χ1n) is 8.89. The topological polar surface area (TPSA) is 85.9 Å². The molecule has 0 radical (unpaired) electrons. The molecule has 0 atom stereocenters. The number of urea groups is 1. The maximum absolute atomic E-state index is 10.6. The fraction of sp³-hybridized carbons (Fsp3) is 0.333. The number of amides is 2. The first-order valence-corrected chi connectivity index (χ1v) is 8.89. The van der Waals surface area contributed by atoms with Crippen LogP contribution in [0.15, 0.2) is 53.6 Å². The van der Waals surface area contributed by atoms with Gasteiger partial charge in [-0.3, -0.25) is 0 Å². The second-order valence-electron chi connectivity index (χ2n) is 7.13. The molecule has 0 aliphatic rings. The molecule has 0 bridgehead atoms. The van der Waals surface area contributed by atoms with E-state index < -0.39 is 6.03 Å². The van der Waals surface area contributed by atoms with Crippen LogP contribution >= 0.6 is 0 Å². The van der Waals surface area contributed by atoms with Crippen LogP contribution < -0.4 is 20.6 Å². The molecular weight excluding hydrogens is 342 g/mol. The molecule has 0 aromatic heterocycles. The van der Waals surface area contributed by atoms with Crippen LogP contribution in [0.5, 0.6) is 11.5 Å². The Morgan fingerprint density at radius 2 is 1.74 bits per heavy atom. The summed E-state index contributed by atoms with van der Waals surface area (Å²) in [5.74, 6) is 1.59. The fourth-order valence-corrected chi connectivity index (χ4v) is 2.35. The molecule has 2 aromatic rings. The Labute approximate surface area is 160 Å². The minimum absolute atomic E-state index is 0.140. The van der Waals surface area contributed by atoms with Crippen molar-refractivity contribution in [3.05, 3.63) is 59.7 Å². The summed E-state index contributed by atoms with van der Waals surface area (Å²) in [6, 6.07) is 14.9. The summed E-state index contributed by atoms with van der Waals surface area (Å²) in [4.78, 5) is 10.6. The van der Waals surface area contributed by atoms with E-state index in [4.69, 9.17) is 15.2 Å². The van der Waals surface area contributed by atoms with Crippen molar-refractivity contribution in [2.75, 3.05) is 13.2 Å². The van der Waals surface area contributed by atoms with Crippen molar-refractivity contribution in [2.45, 2.75) is 32.6 Å². The van der Waals surface area contributed by atoms with Gasteiger partial charge in [0.25, 0.3) is 0 Å². The Morgan fingerprint density at radius 3 is 2.37 bits per heavy atom. The van der Waals surface area contributed by atoms with E-state index in [1.54, 1.807) is 0 Å². The normalized spacial score (nSPS) is 11.4. The Balaban J connectivity index is 1.72. The van der Waals surface area contributed by atoms with E-state index in [-0.39, 0.29) is 5.41 Å². The molecule has 6 nitrogen and oxygen atoms in total. The van der Waals surface area contributed by atoms with Crippen LogP contribution in [0.2, 0.25) is 0 Å². The van der Waals surface area contributed by atoms with E-state index in [9.17, 15) is 4.79 Å². The Kier molecular flexibility index (Phi) is 7.23. The van der Waals surface area contributed by atoms with Crippen molar-refractivity contribution in [1.29, 1.82) is 0 Å². The van der Waals surface area contributed by atoms with Crippen LogP contribution in [0.1, 0.15) is 38.3 Å². The maximum atomic E-state index is 10.6. The van der Waals surface area contributed by atoms with Crippen LogP contribution in [0.3, 0.4) is 0 Å². The molecule has 0 aliphatic carbocycles. The van der Waals surface area contributed by atoms with Gasteiger partial charge in [0.2, 0.25) is 0 Å². The monoisotopic (exact) mass is 369 g/mol. The molecular formula is C21H27N3O3. The van der Waals surface area contributed by atoms with Crippen LogP contribution in [0, 0.1) is 0 Å². The summed E-state index contributed by atoms with van der Waals surface area (Å²) < 4.78 is 11.5. The number of carbonyl (C=O) groups is 1. The smallest absolute Gasteiger partial charge is 0.332 e. The molecule has 2 rings (SSSR count). The van der Waals surface area contributed by atoms with Crippen LogP contribution in [0.25, 0.3) is 0 Å². The van der Waals surface area contributed by atoms with Crippen molar-refractivity contribution in [3.8, 4) is 11.5 Å². The molecule has 0 saturated carbocycles. The Bertz CT molecular complexity index is 765. The van der Waals surface area contributed by atoms with Gasteiger partial charge >= 0.3 is 6.03 Å². The number of nitrogens with zero attached hydrogens (tertiary/aromatic N) is 1. The van der Waals surface area contributed by atoms with Crippen LogP contribution in [0.4, 0.5) is 4.79 Å². The van der Waals surface area contributed by atoms with E-state index in [2.05, 4.69) is 43.4 Å². The van der Waals surface area contributed by atoms with Crippen molar-refractivity contribution >= 4 is 12.2 Å². The highest BCUT2D eigenvalue weighted by atomic mass is 16.5. The molecule has 2 amide bonds. The van der Waals surface area contributed by atoms with Crippen molar-refractivity contribution in [2.24, 2.45) is 10.8 Å². The second kappa shape index (κ2) is 9.62. The number of carbonyl (C=O) groups excluding carboxylic acids is 1. The Hall–Kier alpha value is -3.02. The highest BCUT2D eigenvalue weighted by Crippen LogP contribution is 2.24. The van der Waals surface area contributed by atoms with E-state index in [0.717, 1.165) is 23.5 Å². The number of rotatable bonds is 8. The van der Waals surface area contributed by atoms with Gasteiger partial charge in [0.15, 0.2) is 0 Å². The lowest BCUT2D eigenvalue weighted by molar-refractivity contribution is 0.247. The van der Waals surface area contributed by atoms with Gasteiger partial charge in [-0.05, 0) is 40.8 Å². The van der Waals surface area contributed by atoms with E-state index >= 15 is 0 Å². The predicted octanol–water partition coefficient (Wildman–Crippen LogP) is 3.83. The standard InChI is InChI=1S/C21H27N3O3/c1-21(2,3)17-8-10-18(11-9-17)26-12-5-13-27-19-7-4-6-16(14-19)15-23-24-20(22)25/h4,6-11,14-15H,5,12-13H2,1-3H3,(H3,22,24,25). The number of ether oxygens (including phenoxy) is 2. The minimum atomic E-state index is -0.702. The molecule has 0 spiro atoms. The van der Waals surface area contributed by atoms with E-state index in [1.807, 2.05) is 36.4 Å². The second-order valence-corrected chi connectivity index (χ2v) is 7.13. The number of hydrogen-bond acceptors (Lipinski definition) is 4. The first kappa shape index (κ1) is 20.3. The third-order valence-corrected chi connectivity index (χ3v) is 3.79. The summed E-state index contributed by atoms with van der Waals surface area (Å²) in [7, 11) is 0. The van der Waals surface area contributed by atoms with Gasteiger partial charge in [0, 0.05) is 6.42 Å². The quantitative estimate of drug-likeness (QED) is 0.421. The molecule has 6 heteroatoms. The van der Waals surface area contributed by atoms with E-state index in [1.165, 1.54) is 11.8 Å². The van der Waals surface area contributed by atoms with Gasteiger partial charge in [0.05, 0.1) is 19.4 Å². The molecule has 0 aliphatic heterocycles. The SMILES string of the molecule is CC(C)(C)c1ccc(OCCCOc2cccc(C=NNC(N)=O)c2)cc1. The summed E-state index contributed by atoms with van der Waals surface area (Å²) in [6.07, 6.45) is 2.27. The zero-order valence-corrected chi connectivity index (χ0v) is 16.1. The number of hydrogen-bond donors (Lipinski definition) is 2. The van der Waals surface area contributed by atoms with Gasteiger partial charge < -0.3 is 15.2 Å². The molecule has 2 aromatic carbocycles. The third kappa shape index (κ3) is 7.40. The molecule has 3 N–H and O–H groups in total. The van der Waals surface area contributed by atoms with Crippen LogP contribution in [-0.2, 0) is 5.41 Å². The molecule has 0 unspecified atom stereocenters. The summed E-state index contributed by atoms with van der Waals surface area (Å²) in [5.41, 5.74) is 9.33. The molecule has 0 saturated heterocycles. The van der Waals surface area contributed by atoms with Crippen molar-refractivity contribution < 1.29 is 14.3 Å². The lowest BCUT2D eigenvalue weighted by atomic mass is 9.87. The van der Waals surface area contributed by atoms with Gasteiger partial charge in [-0.2, -0.15) is 5.10 Å². The van der Waals surface area contributed by atoms with Gasteiger partial charge in [-0.25, -0.2) is 10.2 Å². The fourth-order valence-electron chi connectivity index (χ4n) is 2.35. The first-order chi connectivity index (χ1) is 12.8. The molecule has 27 heavy (non-hydrogen) atoms. The number of hydrazone groups is 1. The average Bonchev–Trinajstić information content (AvgIpc) is 2.61. The van der Waals surface area contributed by atoms with Crippen molar-refractivity contribution in [1.82, 2.24) is 5.43 Å². The lowest BCUT2D eigenvalue weighted by Gasteiger charge is -2.19. The molecule has 144 valence electrons. The van der Waals surface area contributed by atoms with Gasteiger partial charge in [0.1, 0.15) is 11.5 Å². The highest BCUT2D eigenvalue weighted by molar-refractivity contribution is 5.81. The molecule has 0 heterocycles. The number of primary amides is 1. The maximum Gasteiger partial charge on any atom is 0.332 e. The number of nitrogens with one attached hydrogen (secondary N) is 1. The van der Waals surface area contributed by atoms with Crippen LogP contribution in [-0.4, -0.2) is 25.5 Å². The van der Waals surface area contributed by atoms with Gasteiger partial charge in [-0.1, -0.05) is 45.0 Å². The predicted molar refractivity (Wildman–Crippen MR) is 108 cm³/mol. The lowest BCUT2D eigenvalue weighted by Crippen LogP contribution is -2.24. The minimum Gasteiger partial charge on any atom is -0.493 e. The number of benzene rings is 2. The Morgan fingerprint density at radius 1 is 1.07 bits per heavy atom. The largest absolute Gasteiger partial charge is 0.493 e. The third-order valence-electron chi connectivity index (χ3n) is 3.79. The average molecular weight is 369 g/mol.